The molecule has 5 rings (SSSR count). The van der Waals surface area contributed by atoms with Crippen LogP contribution in [0.2, 0.25) is 0 Å². The van der Waals surface area contributed by atoms with Gasteiger partial charge in [0, 0.05) is 17.8 Å². The minimum atomic E-state index is -0.243. The molecular weight excluding hydrogens is 396 g/mol. The van der Waals surface area contributed by atoms with E-state index in [4.69, 9.17) is 9.73 Å². The summed E-state index contributed by atoms with van der Waals surface area (Å²) in [5.74, 6) is 0.663. The molecule has 0 bridgehead atoms. The van der Waals surface area contributed by atoms with E-state index in [1.165, 1.54) is 5.56 Å². The number of ketones is 1. The maximum absolute atomic E-state index is 13.0. The highest BCUT2D eigenvalue weighted by molar-refractivity contribution is 7.97. The van der Waals surface area contributed by atoms with Crippen molar-refractivity contribution in [1.29, 1.82) is 0 Å². The van der Waals surface area contributed by atoms with Gasteiger partial charge in [0.2, 0.25) is 0 Å². The summed E-state index contributed by atoms with van der Waals surface area (Å²) >= 11 is 1.64. The summed E-state index contributed by atoms with van der Waals surface area (Å²) in [5.41, 5.74) is 5.07. The number of benzene rings is 1. The van der Waals surface area contributed by atoms with Gasteiger partial charge in [-0.25, -0.2) is 4.72 Å². The third kappa shape index (κ3) is 3.41. The zero-order chi connectivity index (χ0) is 20.7. The lowest BCUT2D eigenvalue weighted by atomic mass is 9.96. The Balaban J connectivity index is 1.66. The van der Waals surface area contributed by atoms with Gasteiger partial charge < -0.3 is 9.64 Å². The second kappa shape index (κ2) is 8.06. The van der Waals surface area contributed by atoms with Crippen molar-refractivity contribution in [2.45, 2.75) is 44.2 Å². The predicted octanol–water partition coefficient (Wildman–Crippen LogP) is 3.09. The van der Waals surface area contributed by atoms with Gasteiger partial charge in [-0.1, -0.05) is 43.1 Å². The number of nitrogens with zero attached hydrogens (tertiary/aromatic N) is 2. The van der Waals surface area contributed by atoms with Gasteiger partial charge in [0.15, 0.2) is 11.9 Å². The fourth-order valence-corrected chi connectivity index (χ4v) is 5.24. The molecular formula is C23H26N4O2S. The van der Waals surface area contributed by atoms with Crippen molar-refractivity contribution in [3.05, 3.63) is 65.1 Å². The first-order valence-corrected chi connectivity index (χ1v) is 11.4. The number of hydrogen-bond donors (Lipinski definition) is 2. The van der Waals surface area contributed by atoms with E-state index in [0.717, 1.165) is 29.9 Å². The number of nitrogens with one attached hydrogen (secondary N) is 2. The van der Waals surface area contributed by atoms with Crippen molar-refractivity contribution in [2.75, 3.05) is 18.1 Å². The molecule has 0 saturated heterocycles. The lowest BCUT2D eigenvalue weighted by Crippen LogP contribution is -2.51. The normalized spacial score (nSPS) is 30.8. The van der Waals surface area contributed by atoms with Crippen molar-refractivity contribution < 1.29 is 9.53 Å². The molecule has 4 aliphatic rings. The van der Waals surface area contributed by atoms with Crippen LogP contribution in [0, 0.1) is 0 Å². The Hall–Kier alpha value is -2.35. The molecule has 156 valence electrons. The van der Waals surface area contributed by atoms with Gasteiger partial charge >= 0.3 is 0 Å². The van der Waals surface area contributed by atoms with Crippen LogP contribution in [0.5, 0.6) is 0 Å². The number of allylic oxidation sites excluding steroid dienone is 5. The van der Waals surface area contributed by atoms with Crippen LogP contribution in [-0.4, -0.2) is 42.2 Å². The van der Waals surface area contributed by atoms with Gasteiger partial charge in [-0.05, 0) is 37.1 Å². The SMILES string of the molecule is CCC1NC(C)SNCN=C2CN3/C(=C4/C(=O)C=CC=C4OC21)Cc1ccccc13. The molecule has 3 aliphatic heterocycles. The Morgan fingerprint density at radius 1 is 1.33 bits per heavy atom. The average molecular weight is 423 g/mol. The van der Waals surface area contributed by atoms with E-state index in [1.54, 1.807) is 24.1 Å². The lowest BCUT2D eigenvalue weighted by Gasteiger charge is -2.36. The van der Waals surface area contributed by atoms with Gasteiger partial charge in [-0.2, -0.15) is 0 Å². The van der Waals surface area contributed by atoms with Crippen molar-refractivity contribution in [1.82, 2.24) is 10.0 Å². The Bertz CT molecular complexity index is 997. The molecule has 6 nitrogen and oxygen atoms in total. The van der Waals surface area contributed by atoms with Gasteiger partial charge in [0.05, 0.1) is 35.9 Å². The summed E-state index contributed by atoms with van der Waals surface area (Å²) in [6.45, 7) is 5.44. The summed E-state index contributed by atoms with van der Waals surface area (Å²) in [5, 5.41) is 3.89. The van der Waals surface area contributed by atoms with Gasteiger partial charge in [-0.3, -0.25) is 15.1 Å². The van der Waals surface area contributed by atoms with E-state index in [2.05, 4.69) is 53.1 Å². The van der Waals surface area contributed by atoms with Gasteiger partial charge in [0.25, 0.3) is 0 Å². The van der Waals surface area contributed by atoms with E-state index in [1.807, 2.05) is 6.08 Å². The Morgan fingerprint density at radius 2 is 2.20 bits per heavy atom. The van der Waals surface area contributed by atoms with E-state index in [-0.39, 0.29) is 23.3 Å². The maximum Gasteiger partial charge on any atom is 0.191 e. The van der Waals surface area contributed by atoms with E-state index < -0.39 is 0 Å². The van der Waals surface area contributed by atoms with E-state index >= 15 is 0 Å². The first-order chi connectivity index (χ1) is 14.7. The number of fused-ring (bicyclic) bond motifs is 5. The standard InChI is InChI=1S/C23H26N4O2S/c1-3-16-23-17(24-13-25-30-14(2)26-16)12-27-18-8-5-4-7-15(18)11-19(27)22-20(28)9-6-10-21(22)29-23/h4-10,14,16,23,25-26H,3,11-13H2,1-2H3/b22-19-,24-17?. The fraction of sp³-hybridized carbons (Fsp3) is 0.391. The first-order valence-electron chi connectivity index (χ1n) is 10.5. The molecule has 30 heavy (non-hydrogen) atoms. The van der Waals surface area contributed by atoms with E-state index in [0.29, 0.717) is 24.5 Å². The minimum Gasteiger partial charge on any atom is -0.482 e. The molecule has 7 heteroatoms. The number of ether oxygens (including phenoxy) is 1. The minimum absolute atomic E-state index is 0.00959. The van der Waals surface area contributed by atoms with Crippen LogP contribution in [0.15, 0.2) is 64.5 Å². The number of para-hydroxylation sites is 1. The zero-order valence-corrected chi connectivity index (χ0v) is 18.0. The summed E-state index contributed by atoms with van der Waals surface area (Å²) in [6, 6.07) is 8.47. The number of hydrogen-bond acceptors (Lipinski definition) is 7. The highest BCUT2D eigenvalue weighted by Crippen LogP contribution is 2.40. The van der Waals surface area contributed by atoms with Crippen LogP contribution >= 0.6 is 11.9 Å². The van der Waals surface area contributed by atoms with Crippen LogP contribution in [0.3, 0.4) is 0 Å². The number of carbonyl (C=O) groups is 1. The molecule has 3 heterocycles. The molecule has 1 aliphatic carbocycles. The summed E-state index contributed by atoms with van der Waals surface area (Å²) < 4.78 is 9.93. The highest BCUT2D eigenvalue weighted by atomic mass is 32.2. The van der Waals surface area contributed by atoms with Crippen molar-refractivity contribution in [3.8, 4) is 0 Å². The second-order valence-corrected chi connectivity index (χ2v) is 9.13. The Kier molecular flexibility index (Phi) is 5.26. The van der Waals surface area contributed by atoms with Crippen molar-refractivity contribution in [2.24, 2.45) is 4.99 Å². The molecule has 0 radical (unpaired) electrons. The maximum atomic E-state index is 13.0. The van der Waals surface area contributed by atoms with Gasteiger partial charge in [0.1, 0.15) is 5.76 Å². The van der Waals surface area contributed by atoms with Crippen LogP contribution in [0.1, 0.15) is 25.8 Å². The van der Waals surface area contributed by atoms with E-state index in [9.17, 15) is 4.79 Å². The zero-order valence-electron chi connectivity index (χ0n) is 17.2. The molecule has 1 aromatic carbocycles. The molecule has 2 N–H and O–H groups in total. The topological polar surface area (TPSA) is 66.0 Å². The number of rotatable bonds is 1. The largest absolute Gasteiger partial charge is 0.482 e. The quantitative estimate of drug-likeness (QED) is 0.678. The van der Waals surface area contributed by atoms with Crippen LogP contribution in [-0.2, 0) is 16.0 Å². The fourth-order valence-electron chi connectivity index (χ4n) is 4.60. The molecule has 0 amide bonds. The number of anilines is 1. The van der Waals surface area contributed by atoms with Crippen LogP contribution in [0.25, 0.3) is 0 Å². The Labute approximate surface area is 181 Å². The molecule has 0 saturated carbocycles. The third-order valence-corrected chi connectivity index (χ3v) is 6.79. The van der Waals surface area contributed by atoms with Crippen LogP contribution in [0.4, 0.5) is 5.69 Å². The summed E-state index contributed by atoms with van der Waals surface area (Å²) in [7, 11) is 0. The molecule has 0 spiro atoms. The predicted molar refractivity (Wildman–Crippen MR) is 121 cm³/mol. The lowest BCUT2D eigenvalue weighted by molar-refractivity contribution is -0.111. The van der Waals surface area contributed by atoms with Crippen LogP contribution < -0.4 is 14.9 Å². The number of aliphatic imine (C=N–C) groups is 1. The molecule has 3 atom stereocenters. The molecule has 1 aromatic rings. The number of carbonyl (C=O) groups excluding carboxylic acids is 1. The third-order valence-electron chi connectivity index (χ3n) is 6.01. The van der Waals surface area contributed by atoms with Crippen molar-refractivity contribution >= 4 is 29.1 Å². The molecule has 0 fully saturated rings. The highest BCUT2D eigenvalue weighted by Gasteiger charge is 2.39. The smallest absolute Gasteiger partial charge is 0.191 e. The summed E-state index contributed by atoms with van der Waals surface area (Å²) in [4.78, 5) is 20.2. The average Bonchev–Trinajstić information content (AvgIpc) is 3.11. The monoisotopic (exact) mass is 422 g/mol. The second-order valence-electron chi connectivity index (χ2n) is 7.90. The molecule has 0 aromatic heterocycles. The molecule has 3 unspecified atom stereocenters. The van der Waals surface area contributed by atoms with Crippen molar-refractivity contribution in [3.63, 3.8) is 0 Å². The summed E-state index contributed by atoms with van der Waals surface area (Å²) in [6.07, 6.45) is 6.72. The Morgan fingerprint density at radius 3 is 3.07 bits per heavy atom. The first kappa shape index (κ1) is 19.6. The van der Waals surface area contributed by atoms with Gasteiger partial charge in [-0.15, -0.1) is 0 Å².